The first-order valence-corrected chi connectivity index (χ1v) is 9.18. The van der Waals surface area contributed by atoms with Crippen LogP contribution in [0.3, 0.4) is 0 Å². The van der Waals surface area contributed by atoms with Gasteiger partial charge in [-0.1, -0.05) is 18.2 Å². The summed E-state index contributed by atoms with van der Waals surface area (Å²) in [6, 6.07) is 9.86. The van der Waals surface area contributed by atoms with Gasteiger partial charge in [-0.3, -0.25) is 9.59 Å². The lowest BCUT2D eigenvalue weighted by Crippen LogP contribution is -3.30. The Hall–Kier alpha value is -1.92. The van der Waals surface area contributed by atoms with E-state index in [9.17, 15) is 9.59 Å². The Morgan fingerprint density at radius 3 is 2.24 bits per heavy atom. The van der Waals surface area contributed by atoms with Crippen molar-refractivity contribution in [2.45, 2.75) is 32.9 Å². The van der Waals surface area contributed by atoms with E-state index in [4.69, 9.17) is 0 Å². The van der Waals surface area contributed by atoms with Crippen LogP contribution in [-0.2, 0) is 9.59 Å². The van der Waals surface area contributed by atoms with Crippen molar-refractivity contribution in [2.24, 2.45) is 0 Å². The van der Waals surface area contributed by atoms with E-state index in [1.165, 1.54) is 9.80 Å². The van der Waals surface area contributed by atoms with Crippen molar-refractivity contribution >= 4 is 17.5 Å². The molecule has 0 radical (unpaired) electrons. The van der Waals surface area contributed by atoms with Gasteiger partial charge in [0, 0.05) is 18.8 Å². The van der Waals surface area contributed by atoms with Gasteiger partial charge in [-0.05, 0) is 32.9 Å². The van der Waals surface area contributed by atoms with Gasteiger partial charge in [-0.15, -0.1) is 0 Å². The minimum Gasteiger partial charge on any atom is -0.349 e. The highest BCUT2D eigenvalue weighted by Crippen LogP contribution is 2.11. The zero-order valence-electron chi connectivity index (χ0n) is 15.8. The van der Waals surface area contributed by atoms with Crippen LogP contribution in [-0.4, -0.2) is 63.7 Å². The summed E-state index contributed by atoms with van der Waals surface area (Å²) in [5, 5.41) is 2.95. The number of amides is 2. The van der Waals surface area contributed by atoms with E-state index in [-0.39, 0.29) is 23.9 Å². The average molecular weight is 348 g/mol. The number of nitrogens with one attached hydrogen (secondary N) is 3. The van der Waals surface area contributed by atoms with Gasteiger partial charge in [-0.25, -0.2) is 0 Å². The maximum atomic E-state index is 12.8. The molecule has 1 aliphatic heterocycles. The number of hydrogen-bond acceptors (Lipinski definition) is 2. The van der Waals surface area contributed by atoms with Crippen LogP contribution in [0.2, 0.25) is 0 Å². The zero-order valence-corrected chi connectivity index (χ0v) is 15.8. The fraction of sp³-hybridized carbons (Fsp3) is 0.579. The zero-order chi connectivity index (χ0) is 18.4. The van der Waals surface area contributed by atoms with Gasteiger partial charge < -0.3 is 20.0 Å². The van der Waals surface area contributed by atoms with Crippen LogP contribution in [0.4, 0.5) is 5.69 Å². The van der Waals surface area contributed by atoms with E-state index in [2.05, 4.69) is 5.32 Å². The Labute approximate surface area is 150 Å². The van der Waals surface area contributed by atoms with E-state index < -0.39 is 0 Å². The maximum Gasteiger partial charge on any atom is 0.284 e. The SMILES string of the molecule is CC(C)NC(=O)C[NH+]1CC[NH+]([C@@H](C)C(=O)N(C)c2ccccc2)CC1. The number of anilines is 1. The van der Waals surface area contributed by atoms with Crippen LogP contribution in [0.5, 0.6) is 0 Å². The summed E-state index contributed by atoms with van der Waals surface area (Å²) >= 11 is 0. The Morgan fingerprint density at radius 2 is 1.68 bits per heavy atom. The molecular formula is C19H32N4O2+2. The lowest BCUT2D eigenvalue weighted by Gasteiger charge is -2.33. The molecule has 2 rings (SSSR count). The Balaban J connectivity index is 1.83. The molecule has 1 atom stereocenters. The van der Waals surface area contributed by atoms with Gasteiger partial charge >= 0.3 is 0 Å². The minimum absolute atomic E-state index is 0.0729. The number of benzene rings is 1. The number of nitrogens with zero attached hydrogens (tertiary/aromatic N) is 1. The maximum absolute atomic E-state index is 12.8. The monoisotopic (exact) mass is 348 g/mol. The number of quaternary nitrogens is 2. The van der Waals surface area contributed by atoms with Crippen molar-refractivity contribution in [2.75, 3.05) is 44.7 Å². The highest BCUT2D eigenvalue weighted by Gasteiger charge is 2.33. The van der Waals surface area contributed by atoms with Gasteiger partial charge in [-0.2, -0.15) is 0 Å². The number of likely N-dealkylation sites (N-methyl/N-ethyl adjacent to an activating group) is 1. The lowest BCUT2D eigenvalue weighted by molar-refractivity contribution is -1.01. The predicted molar refractivity (Wildman–Crippen MR) is 98.9 cm³/mol. The number of carbonyl (C=O) groups is 2. The Morgan fingerprint density at radius 1 is 1.08 bits per heavy atom. The minimum atomic E-state index is -0.0729. The van der Waals surface area contributed by atoms with Gasteiger partial charge in [0.05, 0.1) is 0 Å². The molecule has 3 N–H and O–H groups in total. The van der Waals surface area contributed by atoms with Gasteiger partial charge in [0.2, 0.25) is 0 Å². The summed E-state index contributed by atoms with van der Waals surface area (Å²) in [7, 11) is 1.84. The smallest absolute Gasteiger partial charge is 0.284 e. The third-order valence-electron chi connectivity index (χ3n) is 4.92. The second kappa shape index (κ2) is 8.97. The molecule has 25 heavy (non-hydrogen) atoms. The highest BCUT2D eigenvalue weighted by atomic mass is 16.2. The molecule has 1 fully saturated rings. The van der Waals surface area contributed by atoms with Crippen molar-refractivity contribution in [3.8, 4) is 0 Å². The van der Waals surface area contributed by atoms with E-state index in [1.807, 2.05) is 58.2 Å². The molecule has 6 nitrogen and oxygen atoms in total. The fourth-order valence-electron chi connectivity index (χ4n) is 3.38. The van der Waals surface area contributed by atoms with E-state index in [0.717, 1.165) is 31.9 Å². The van der Waals surface area contributed by atoms with E-state index >= 15 is 0 Å². The number of piperazine rings is 1. The quantitative estimate of drug-likeness (QED) is 0.577. The van der Waals surface area contributed by atoms with Crippen molar-refractivity contribution in [3.63, 3.8) is 0 Å². The van der Waals surface area contributed by atoms with Crippen LogP contribution in [0.15, 0.2) is 30.3 Å². The summed E-state index contributed by atoms with van der Waals surface area (Å²) in [6.45, 7) is 10.2. The van der Waals surface area contributed by atoms with Gasteiger partial charge in [0.25, 0.3) is 11.8 Å². The number of para-hydroxylation sites is 1. The normalized spacial score (nSPS) is 21.6. The molecule has 1 aromatic rings. The summed E-state index contributed by atoms with van der Waals surface area (Å²) in [5.74, 6) is 0.253. The van der Waals surface area contributed by atoms with E-state index in [1.54, 1.807) is 4.90 Å². The first-order chi connectivity index (χ1) is 11.9. The molecule has 0 spiro atoms. The molecule has 0 bridgehead atoms. The van der Waals surface area contributed by atoms with Crippen molar-refractivity contribution in [3.05, 3.63) is 30.3 Å². The van der Waals surface area contributed by atoms with Crippen molar-refractivity contribution in [1.29, 1.82) is 0 Å². The molecule has 1 saturated heterocycles. The molecule has 2 amide bonds. The first-order valence-electron chi connectivity index (χ1n) is 9.18. The van der Waals surface area contributed by atoms with Crippen LogP contribution in [0, 0.1) is 0 Å². The molecule has 6 heteroatoms. The molecular weight excluding hydrogens is 316 g/mol. The second-order valence-corrected chi connectivity index (χ2v) is 7.26. The third-order valence-corrected chi connectivity index (χ3v) is 4.92. The molecule has 1 aliphatic rings. The van der Waals surface area contributed by atoms with Gasteiger partial charge in [0.1, 0.15) is 26.2 Å². The molecule has 0 unspecified atom stereocenters. The summed E-state index contributed by atoms with van der Waals surface area (Å²) in [5.41, 5.74) is 0.924. The Bertz CT molecular complexity index is 568. The summed E-state index contributed by atoms with van der Waals surface area (Å²) in [4.78, 5) is 29.0. The molecule has 138 valence electrons. The second-order valence-electron chi connectivity index (χ2n) is 7.26. The van der Waals surface area contributed by atoms with Crippen LogP contribution >= 0.6 is 0 Å². The molecule has 0 aromatic heterocycles. The summed E-state index contributed by atoms with van der Waals surface area (Å²) < 4.78 is 0. The van der Waals surface area contributed by atoms with Gasteiger partial charge in [0.15, 0.2) is 12.6 Å². The number of rotatable bonds is 6. The standard InChI is InChI=1S/C19H30N4O2/c1-15(2)20-18(24)14-22-10-12-23(13-11-22)16(3)19(25)21(4)17-8-6-5-7-9-17/h5-9,15-16H,10-14H2,1-4H3,(H,20,24)/p+2/t16-/m0/s1. The lowest BCUT2D eigenvalue weighted by atomic mass is 10.2. The van der Waals surface area contributed by atoms with E-state index in [0.29, 0.717) is 6.54 Å². The van der Waals surface area contributed by atoms with Crippen LogP contribution in [0.25, 0.3) is 0 Å². The number of hydrogen-bond donors (Lipinski definition) is 3. The topological polar surface area (TPSA) is 58.3 Å². The Kier molecular flexibility index (Phi) is 6.96. The predicted octanol–water partition coefficient (Wildman–Crippen LogP) is -1.65. The summed E-state index contributed by atoms with van der Waals surface area (Å²) in [6.07, 6.45) is 0. The highest BCUT2D eigenvalue weighted by molar-refractivity contribution is 5.95. The number of carbonyl (C=O) groups excluding carboxylic acids is 2. The third kappa shape index (κ3) is 5.54. The van der Waals surface area contributed by atoms with Crippen LogP contribution < -0.4 is 20.0 Å². The average Bonchev–Trinajstić information content (AvgIpc) is 2.60. The largest absolute Gasteiger partial charge is 0.349 e. The fourth-order valence-corrected chi connectivity index (χ4v) is 3.38. The molecule has 0 aliphatic carbocycles. The molecule has 1 aromatic carbocycles. The van der Waals surface area contributed by atoms with Crippen molar-refractivity contribution in [1.82, 2.24) is 5.32 Å². The van der Waals surface area contributed by atoms with Crippen molar-refractivity contribution < 1.29 is 19.4 Å². The van der Waals surface area contributed by atoms with Crippen LogP contribution in [0.1, 0.15) is 20.8 Å². The molecule has 0 saturated carbocycles. The first kappa shape index (κ1) is 19.4. The molecule has 1 heterocycles.